The Morgan fingerprint density at radius 3 is 2.12 bits per heavy atom. The number of benzene rings is 1. The van der Waals surface area contributed by atoms with Gasteiger partial charge in [-0.3, -0.25) is 0 Å². The standard InChI is InChI=1S/C11H17NO3S/c1-11(7-12,8-13)9-3-5-10(6-4-9)16(2,14)15/h3-6,13H,7-8,12H2,1-2H3. The molecule has 0 aliphatic carbocycles. The zero-order chi connectivity index (χ0) is 12.4. The number of aliphatic hydroxyl groups excluding tert-OH is 1. The lowest BCUT2D eigenvalue weighted by Crippen LogP contribution is -2.35. The third kappa shape index (κ3) is 2.61. The molecule has 16 heavy (non-hydrogen) atoms. The Bertz CT molecular complexity index is 447. The van der Waals surface area contributed by atoms with Crippen molar-refractivity contribution in [1.82, 2.24) is 0 Å². The van der Waals surface area contributed by atoms with Crippen molar-refractivity contribution in [3.63, 3.8) is 0 Å². The summed E-state index contributed by atoms with van der Waals surface area (Å²) in [7, 11) is -3.17. The van der Waals surface area contributed by atoms with Crippen LogP contribution >= 0.6 is 0 Å². The molecule has 0 amide bonds. The van der Waals surface area contributed by atoms with Crippen LogP contribution in [0.1, 0.15) is 12.5 Å². The van der Waals surface area contributed by atoms with Gasteiger partial charge in [-0.05, 0) is 17.7 Å². The number of rotatable bonds is 4. The molecule has 4 nitrogen and oxygen atoms in total. The largest absolute Gasteiger partial charge is 0.395 e. The molecule has 0 spiro atoms. The molecular formula is C11H17NO3S. The van der Waals surface area contributed by atoms with E-state index in [4.69, 9.17) is 5.73 Å². The first-order valence-electron chi connectivity index (χ1n) is 4.95. The highest BCUT2D eigenvalue weighted by molar-refractivity contribution is 7.90. The van der Waals surface area contributed by atoms with E-state index < -0.39 is 15.3 Å². The van der Waals surface area contributed by atoms with E-state index in [9.17, 15) is 13.5 Å². The van der Waals surface area contributed by atoms with E-state index in [0.29, 0.717) is 6.54 Å². The van der Waals surface area contributed by atoms with Crippen LogP contribution in [-0.4, -0.2) is 32.9 Å². The molecular weight excluding hydrogens is 226 g/mol. The molecule has 0 heterocycles. The molecule has 1 rings (SSSR count). The van der Waals surface area contributed by atoms with Crippen LogP contribution in [0.5, 0.6) is 0 Å². The number of sulfone groups is 1. The number of hydrogen-bond donors (Lipinski definition) is 2. The Morgan fingerprint density at radius 1 is 1.31 bits per heavy atom. The molecule has 0 saturated carbocycles. The first-order chi connectivity index (χ1) is 7.33. The summed E-state index contributed by atoms with van der Waals surface area (Å²) in [4.78, 5) is 0.272. The quantitative estimate of drug-likeness (QED) is 0.797. The van der Waals surface area contributed by atoms with Gasteiger partial charge < -0.3 is 10.8 Å². The van der Waals surface area contributed by atoms with Gasteiger partial charge in [0.1, 0.15) is 0 Å². The van der Waals surface area contributed by atoms with Crippen molar-refractivity contribution in [2.24, 2.45) is 5.73 Å². The van der Waals surface area contributed by atoms with Gasteiger partial charge in [0.05, 0.1) is 11.5 Å². The summed E-state index contributed by atoms with van der Waals surface area (Å²) in [5.74, 6) is 0. The van der Waals surface area contributed by atoms with Gasteiger partial charge in [0.15, 0.2) is 9.84 Å². The van der Waals surface area contributed by atoms with Crippen molar-refractivity contribution in [2.45, 2.75) is 17.2 Å². The first-order valence-corrected chi connectivity index (χ1v) is 6.84. The Labute approximate surface area is 96.0 Å². The lowest BCUT2D eigenvalue weighted by atomic mass is 9.83. The second-order valence-electron chi connectivity index (χ2n) is 4.22. The molecule has 5 heteroatoms. The van der Waals surface area contributed by atoms with Gasteiger partial charge >= 0.3 is 0 Å². The molecule has 0 radical (unpaired) electrons. The maximum Gasteiger partial charge on any atom is 0.175 e. The Balaban J connectivity index is 3.13. The molecule has 1 aromatic rings. The van der Waals surface area contributed by atoms with Gasteiger partial charge in [0, 0.05) is 18.2 Å². The zero-order valence-corrected chi connectivity index (χ0v) is 10.3. The highest BCUT2D eigenvalue weighted by atomic mass is 32.2. The summed E-state index contributed by atoms with van der Waals surface area (Å²) in [6, 6.07) is 6.46. The van der Waals surface area contributed by atoms with Gasteiger partial charge in [-0.1, -0.05) is 19.1 Å². The minimum atomic E-state index is -3.17. The molecule has 0 aliphatic rings. The molecule has 0 saturated heterocycles. The fraction of sp³-hybridized carbons (Fsp3) is 0.455. The van der Waals surface area contributed by atoms with E-state index in [1.807, 2.05) is 6.92 Å². The highest BCUT2D eigenvalue weighted by Gasteiger charge is 2.24. The molecule has 1 atom stereocenters. The maximum absolute atomic E-state index is 11.3. The van der Waals surface area contributed by atoms with Crippen LogP contribution in [0.4, 0.5) is 0 Å². The Hall–Kier alpha value is -0.910. The van der Waals surface area contributed by atoms with E-state index >= 15 is 0 Å². The fourth-order valence-corrected chi connectivity index (χ4v) is 2.01. The van der Waals surface area contributed by atoms with Crippen LogP contribution < -0.4 is 5.73 Å². The van der Waals surface area contributed by atoms with Crippen molar-refractivity contribution in [3.8, 4) is 0 Å². The van der Waals surface area contributed by atoms with Gasteiger partial charge in [0.25, 0.3) is 0 Å². The van der Waals surface area contributed by atoms with E-state index in [0.717, 1.165) is 11.8 Å². The predicted octanol–water partition coefficient (Wildman–Crippen LogP) is 0.299. The fourth-order valence-electron chi connectivity index (χ4n) is 1.38. The van der Waals surface area contributed by atoms with Crippen molar-refractivity contribution in [3.05, 3.63) is 29.8 Å². The van der Waals surface area contributed by atoms with E-state index in [2.05, 4.69) is 0 Å². The maximum atomic E-state index is 11.3. The van der Waals surface area contributed by atoms with Crippen LogP contribution in [0.15, 0.2) is 29.2 Å². The molecule has 1 aromatic carbocycles. The minimum absolute atomic E-state index is 0.0677. The van der Waals surface area contributed by atoms with E-state index in [-0.39, 0.29) is 11.5 Å². The van der Waals surface area contributed by atoms with Crippen molar-refractivity contribution in [1.29, 1.82) is 0 Å². The third-order valence-corrected chi connectivity index (χ3v) is 3.91. The van der Waals surface area contributed by atoms with Crippen LogP contribution in [0.3, 0.4) is 0 Å². The highest BCUT2D eigenvalue weighted by Crippen LogP contribution is 2.23. The smallest absolute Gasteiger partial charge is 0.175 e. The Morgan fingerprint density at radius 2 is 1.81 bits per heavy atom. The van der Waals surface area contributed by atoms with Crippen molar-refractivity contribution in [2.75, 3.05) is 19.4 Å². The normalized spacial score (nSPS) is 15.8. The van der Waals surface area contributed by atoms with Crippen molar-refractivity contribution >= 4 is 9.84 Å². The summed E-state index contributed by atoms with van der Waals surface area (Å²) in [6.45, 7) is 2.08. The number of aliphatic hydroxyl groups is 1. The molecule has 1 unspecified atom stereocenters. The molecule has 90 valence electrons. The summed E-state index contributed by atoms with van der Waals surface area (Å²) in [5, 5.41) is 9.27. The summed E-state index contributed by atoms with van der Waals surface area (Å²) < 4.78 is 22.5. The monoisotopic (exact) mass is 243 g/mol. The summed E-state index contributed by atoms with van der Waals surface area (Å²) >= 11 is 0. The number of hydrogen-bond acceptors (Lipinski definition) is 4. The van der Waals surface area contributed by atoms with Gasteiger partial charge in [0.2, 0.25) is 0 Å². The van der Waals surface area contributed by atoms with Crippen LogP contribution in [0, 0.1) is 0 Å². The lowest BCUT2D eigenvalue weighted by molar-refractivity contribution is 0.210. The van der Waals surface area contributed by atoms with Gasteiger partial charge in [-0.15, -0.1) is 0 Å². The van der Waals surface area contributed by atoms with Crippen LogP contribution in [0.25, 0.3) is 0 Å². The first kappa shape index (κ1) is 13.2. The molecule has 0 aromatic heterocycles. The molecule has 0 aliphatic heterocycles. The van der Waals surface area contributed by atoms with E-state index in [1.54, 1.807) is 12.1 Å². The third-order valence-electron chi connectivity index (χ3n) is 2.78. The molecule has 0 bridgehead atoms. The van der Waals surface area contributed by atoms with E-state index in [1.165, 1.54) is 12.1 Å². The predicted molar refractivity (Wildman–Crippen MR) is 63.0 cm³/mol. The van der Waals surface area contributed by atoms with Gasteiger partial charge in [-0.2, -0.15) is 0 Å². The average molecular weight is 243 g/mol. The summed E-state index contributed by atoms with van der Waals surface area (Å²) in [6.07, 6.45) is 1.16. The van der Waals surface area contributed by atoms with Crippen LogP contribution in [0.2, 0.25) is 0 Å². The zero-order valence-electron chi connectivity index (χ0n) is 9.47. The van der Waals surface area contributed by atoms with Crippen LogP contribution in [-0.2, 0) is 15.3 Å². The number of nitrogens with two attached hydrogens (primary N) is 1. The molecule has 3 N–H and O–H groups in total. The minimum Gasteiger partial charge on any atom is -0.395 e. The Kier molecular flexibility index (Phi) is 3.72. The topological polar surface area (TPSA) is 80.4 Å². The lowest BCUT2D eigenvalue weighted by Gasteiger charge is -2.25. The average Bonchev–Trinajstić information content (AvgIpc) is 2.27. The SMILES string of the molecule is CC(CN)(CO)c1ccc(S(C)(=O)=O)cc1. The van der Waals surface area contributed by atoms with Gasteiger partial charge in [-0.25, -0.2) is 8.42 Å². The summed E-state index contributed by atoms with van der Waals surface area (Å²) in [5.41, 5.74) is 5.92. The molecule has 0 fully saturated rings. The van der Waals surface area contributed by atoms with Crippen molar-refractivity contribution < 1.29 is 13.5 Å². The second-order valence-corrected chi connectivity index (χ2v) is 6.24. The second kappa shape index (κ2) is 4.53.